The third kappa shape index (κ3) is 2.64. The number of benzene rings is 2. The topological polar surface area (TPSA) is 9.23 Å². The second-order valence-electron chi connectivity index (χ2n) is 3.90. The lowest BCUT2D eigenvalue weighted by Crippen LogP contribution is -2.02. The lowest BCUT2D eigenvalue weighted by Gasteiger charge is -2.08. The molecule has 0 unspecified atom stereocenters. The average molecular weight is 252 g/mol. The van der Waals surface area contributed by atoms with Gasteiger partial charge in [-0.3, -0.25) is 0 Å². The summed E-state index contributed by atoms with van der Waals surface area (Å²) in [5.41, 5.74) is 0.279. The van der Waals surface area contributed by atoms with Crippen LogP contribution in [0.2, 0.25) is 0 Å². The summed E-state index contributed by atoms with van der Waals surface area (Å²) in [6.45, 7) is 1.36. The van der Waals surface area contributed by atoms with Gasteiger partial charge in [-0.1, -0.05) is 6.07 Å². The van der Waals surface area contributed by atoms with Crippen LogP contribution < -0.4 is 4.74 Å². The van der Waals surface area contributed by atoms with E-state index in [-0.39, 0.29) is 18.0 Å². The predicted molar refractivity (Wildman–Crippen MR) is 61.8 cm³/mol. The molecule has 0 saturated carbocycles. The van der Waals surface area contributed by atoms with Crippen LogP contribution in [0, 0.1) is 24.4 Å². The molecule has 0 aliphatic carbocycles. The third-order valence-corrected chi connectivity index (χ3v) is 2.57. The van der Waals surface area contributed by atoms with E-state index in [2.05, 4.69) is 0 Å². The molecule has 0 spiro atoms. The first-order valence-corrected chi connectivity index (χ1v) is 5.40. The molecular formula is C14H11F3O. The molecule has 0 aliphatic rings. The summed E-state index contributed by atoms with van der Waals surface area (Å²) in [6, 6.07) is 7.77. The highest BCUT2D eigenvalue weighted by atomic mass is 19.1. The Morgan fingerprint density at radius 2 is 1.61 bits per heavy atom. The summed E-state index contributed by atoms with van der Waals surface area (Å²) in [5.74, 6) is -1.29. The minimum absolute atomic E-state index is 0.139. The average Bonchev–Trinajstić information content (AvgIpc) is 2.33. The molecule has 1 nitrogen and oxygen atoms in total. The van der Waals surface area contributed by atoms with Crippen LogP contribution in [0.4, 0.5) is 13.2 Å². The maximum absolute atomic E-state index is 13.3. The van der Waals surface area contributed by atoms with Gasteiger partial charge in [0.2, 0.25) is 0 Å². The molecule has 18 heavy (non-hydrogen) atoms. The highest BCUT2D eigenvalue weighted by molar-refractivity contribution is 5.29. The molecule has 0 N–H and O–H groups in total. The van der Waals surface area contributed by atoms with Crippen molar-refractivity contribution in [1.29, 1.82) is 0 Å². The summed E-state index contributed by atoms with van der Waals surface area (Å²) >= 11 is 0. The third-order valence-electron chi connectivity index (χ3n) is 2.57. The Bertz CT molecular complexity index is 547. The Kier molecular flexibility index (Phi) is 3.55. The number of rotatable bonds is 3. The molecule has 4 heteroatoms. The minimum Gasteiger partial charge on any atom is -0.489 e. The van der Waals surface area contributed by atoms with Crippen LogP contribution in [0.5, 0.6) is 5.75 Å². The molecule has 0 bridgehead atoms. The lowest BCUT2D eigenvalue weighted by atomic mass is 10.2. The molecule has 0 aliphatic heterocycles. The van der Waals surface area contributed by atoms with Crippen molar-refractivity contribution in [1.82, 2.24) is 0 Å². The Balaban J connectivity index is 2.14. The van der Waals surface area contributed by atoms with Gasteiger partial charge in [-0.2, -0.15) is 0 Å². The van der Waals surface area contributed by atoms with E-state index in [0.717, 1.165) is 12.1 Å². The second-order valence-corrected chi connectivity index (χ2v) is 3.90. The number of hydrogen-bond donors (Lipinski definition) is 0. The smallest absolute Gasteiger partial charge is 0.132 e. The van der Waals surface area contributed by atoms with Crippen LogP contribution in [-0.4, -0.2) is 0 Å². The zero-order valence-corrected chi connectivity index (χ0v) is 9.71. The van der Waals surface area contributed by atoms with Crippen molar-refractivity contribution in [2.24, 2.45) is 0 Å². The van der Waals surface area contributed by atoms with Crippen molar-refractivity contribution in [2.75, 3.05) is 0 Å². The van der Waals surface area contributed by atoms with E-state index in [1.54, 1.807) is 6.92 Å². The first kappa shape index (κ1) is 12.5. The van der Waals surface area contributed by atoms with Gasteiger partial charge in [0.25, 0.3) is 0 Å². The molecule has 0 heterocycles. The monoisotopic (exact) mass is 252 g/mol. The Labute approximate surface area is 103 Å². The minimum atomic E-state index is -0.658. The van der Waals surface area contributed by atoms with Crippen LogP contribution in [0.3, 0.4) is 0 Å². The summed E-state index contributed by atoms with van der Waals surface area (Å²) in [7, 11) is 0. The van der Waals surface area contributed by atoms with Gasteiger partial charge >= 0.3 is 0 Å². The number of halogens is 3. The first-order chi connectivity index (χ1) is 8.58. The zero-order valence-electron chi connectivity index (χ0n) is 9.71. The largest absolute Gasteiger partial charge is 0.489 e. The lowest BCUT2D eigenvalue weighted by molar-refractivity contribution is 0.292. The summed E-state index contributed by atoms with van der Waals surface area (Å²) in [6.07, 6.45) is 0. The molecule has 0 aromatic heterocycles. The van der Waals surface area contributed by atoms with Crippen molar-refractivity contribution < 1.29 is 17.9 Å². The summed E-state index contributed by atoms with van der Waals surface area (Å²) in [4.78, 5) is 0. The summed E-state index contributed by atoms with van der Waals surface area (Å²) in [5, 5.41) is 0. The van der Waals surface area contributed by atoms with E-state index in [1.807, 2.05) is 0 Å². The Morgan fingerprint density at radius 1 is 0.944 bits per heavy atom. The molecule has 0 atom stereocenters. The van der Waals surface area contributed by atoms with Gasteiger partial charge in [-0.15, -0.1) is 0 Å². The molecule has 2 aromatic carbocycles. The fourth-order valence-corrected chi connectivity index (χ4v) is 1.53. The van der Waals surface area contributed by atoms with E-state index >= 15 is 0 Å². The van der Waals surface area contributed by atoms with Gasteiger partial charge in [0.05, 0.1) is 5.56 Å². The Hall–Kier alpha value is -1.97. The molecule has 0 fully saturated rings. The molecule has 0 saturated heterocycles. The van der Waals surface area contributed by atoms with Gasteiger partial charge in [-0.25, -0.2) is 13.2 Å². The van der Waals surface area contributed by atoms with Crippen molar-refractivity contribution >= 4 is 0 Å². The SMILES string of the molecule is Cc1cc(OCc2c(F)cccc2F)ccc1F. The van der Waals surface area contributed by atoms with E-state index < -0.39 is 11.6 Å². The zero-order chi connectivity index (χ0) is 13.1. The highest BCUT2D eigenvalue weighted by Gasteiger charge is 2.09. The van der Waals surface area contributed by atoms with Gasteiger partial charge in [-0.05, 0) is 42.8 Å². The standard InChI is InChI=1S/C14H11F3O/c1-9-7-10(5-6-12(9)15)18-8-11-13(16)3-2-4-14(11)17/h2-7H,8H2,1H3. The molecule has 0 radical (unpaired) electrons. The van der Waals surface area contributed by atoms with Gasteiger partial charge in [0.15, 0.2) is 0 Å². The molecule has 2 aromatic rings. The fraction of sp³-hybridized carbons (Fsp3) is 0.143. The number of ether oxygens (including phenoxy) is 1. The second kappa shape index (κ2) is 5.12. The van der Waals surface area contributed by atoms with Crippen molar-refractivity contribution in [3.63, 3.8) is 0 Å². The van der Waals surface area contributed by atoms with Crippen molar-refractivity contribution in [3.05, 3.63) is 65.0 Å². The van der Waals surface area contributed by atoms with E-state index in [0.29, 0.717) is 11.3 Å². The normalized spacial score (nSPS) is 10.4. The summed E-state index contributed by atoms with van der Waals surface area (Å²) < 4.78 is 44.9. The van der Waals surface area contributed by atoms with E-state index in [4.69, 9.17) is 4.74 Å². The Morgan fingerprint density at radius 3 is 2.22 bits per heavy atom. The molecule has 0 amide bonds. The number of aryl methyl sites for hydroxylation is 1. The van der Waals surface area contributed by atoms with Crippen LogP contribution in [-0.2, 0) is 6.61 Å². The van der Waals surface area contributed by atoms with Gasteiger partial charge in [0, 0.05) is 0 Å². The quantitative estimate of drug-likeness (QED) is 0.802. The van der Waals surface area contributed by atoms with Crippen molar-refractivity contribution in [2.45, 2.75) is 13.5 Å². The van der Waals surface area contributed by atoms with Crippen LogP contribution >= 0.6 is 0 Å². The van der Waals surface area contributed by atoms with E-state index in [9.17, 15) is 13.2 Å². The maximum atomic E-state index is 13.3. The van der Waals surface area contributed by atoms with E-state index in [1.165, 1.54) is 24.3 Å². The van der Waals surface area contributed by atoms with Crippen LogP contribution in [0.25, 0.3) is 0 Å². The predicted octanol–water partition coefficient (Wildman–Crippen LogP) is 3.99. The molecule has 94 valence electrons. The van der Waals surface area contributed by atoms with Gasteiger partial charge in [0.1, 0.15) is 29.8 Å². The number of hydrogen-bond acceptors (Lipinski definition) is 1. The van der Waals surface area contributed by atoms with Crippen molar-refractivity contribution in [3.8, 4) is 5.75 Å². The molecular weight excluding hydrogens is 241 g/mol. The first-order valence-electron chi connectivity index (χ1n) is 5.40. The fourth-order valence-electron chi connectivity index (χ4n) is 1.53. The van der Waals surface area contributed by atoms with Crippen LogP contribution in [0.15, 0.2) is 36.4 Å². The highest BCUT2D eigenvalue weighted by Crippen LogP contribution is 2.19. The van der Waals surface area contributed by atoms with Crippen LogP contribution in [0.1, 0.15) is 11.1 Å². The molecule has 2 rings (SSSR count). The van der Waals surface area contributed by atoms with Gasteiger partial charge < -0.3 is 4.74 Å². The maximum Gasteiger partial charge on any atom is 0.132 e.